The van der Waals surface area contributed by atoms with Crippen molar-refractivity contribution in [2.75, 3.05) is 5.73 Å². The molecule has 6 aromatic carbocycles. The highest BCUT2D eigenvalue weighted by atomic mass is 32.2. The molecule has 1 aromatic heterocycles. The van der Waals surface area contributed by atoms with Crippen LogP contribution in [0.4, 0.5) is 5.69 Å². The summed E-state index contributed by atoms with van der Waals surface area (Å²) in [6.07, 6.45) is 2.07. The van der Waals surface area contributed by atoms with Crippen molar-refractivity contribution in [1.29, 1.82) is 0 Å². The van der Waals surface area contributed by atoms with Gasteiger partial charge >= 0.3 is 0 Å². The predicted octanol–water partition coefficient (Wildman–Crippen LogP) is 10.2. The van der Waals surface area contributed by atoms with Crippen LogP contribution in [-0.4, -0.2) is 10.8 Å². The lowest BCUT2D eigenvalue weighted by atomic mass is 10.0. The molecule has 0 aliphatic carbocycles. The van der Waals surface area contributed by atoms with E-state index in [9.17, 15) is 0 Å². The molecule has 6 heteroatoms. The number of aromatic nitrogens is 1. The smallest absolute Gasteiger partial charge is 0.269 e. The Morgan fingerprint density at radius 3 is 2.12 bits per heavy atom. The van der Waals surface area contributed by atoms with Gasteiger partial charge in [-0.15, -0.1) is 11.3 Å². The average molecular weight is 595 g/mol. The van der Waals surface area contributed by atoms with E-state index in [2.05, 4.69) is 72.8 Å². The molecule has 0 spiro atoms. The molecule has 0 bridgehead atoms. The molecule has 7 aromatic rings. The van der Waals surface area contributed by atoms with Gasteiger partial charge in [-0.2, -0.15) is 0 Å². The number of nitrogens with two attached hydrogens (primary N) is 1. The Hall–Kier alpha value is -4.78. The summed E-state index contributed by atoms with van der Waals surface area (Å²) in [5, 5.41) is 5.37. The Morgan fingerprint density at radius 2 is 1.37 bits per heavy atom. The number of fused-ring (bicyclic) bond motifs is 4. The van der Waals surface area contributed by atoms with Crippen LogP contribution in [-0.2, 0) is 0 Å². The van der Waals surface area contributed by atoms with Gasteiger partial charge in [0.05, 0.1) is 15.8 Å². The number of thioether (sulfide) groups is 1. The molecule has 8 rings (SSSR count). The van der Waals surface area contributed by atoms with E-state index in [-0.39, 0.29) is 0 Å². The number of rotatable bonds is 5. The minimum atomic E-state index is -1.10. The Labute approximate surface area is 257 Å². The van der Waals surface area contributed by atoms with E-state index in [0.29, 0.717) is 5.75 Å². The molecule has 0 unspecified atom stereocenters. The van der Waals surface area contributed by atoms with Gasteiger partial charge in [0.2, 0.25) is 0 Å². The highest BCUT2D eigenvalue weighted by Gasteiger charge is 2.35. The molecule has 0 fully saturated rings. The first kappa shape index (κ1) is 25.9. The topological polar surface area (TPSA) is 57.4 Å². The third-order valence-electron chi connectivity index (χ3n) is 7.64. The van der Waals surface area contributed by atoms with E-state index in [4.69, 9.17) is 20.2 Å². The van der Waals surface area contributed by atoms with Crippen molar-refractivity contribution >= 4 is 65.5 Å². The summed E-state index contributed by atoms with van der Waals surface area (Å²) in [5.74, 6) is 0.377. The summed E-state index contributed by atoms with van der Waals surface area (Å²) in [6, 6.07) is 41.3. The maximum atomic E-state index is 6.92. The van der Waals surface area contributed by atoms with Gasteiger partial charge in [-0.1, -0.05) is 84.6 Å². The van der Waals surface area contributed by atoms with Crippen LogP contribution in [0, 0.1) is 0 Å². The molecule has 0 amide bonds. The zero-order chi connectivity index (χ0) is 29.0. The third-order valence-corrected chi connectivity index (χ3v) is 9.86. The van der Waals surface area contributed by atoms with E-state index in [0.717, 1.165) is 69.1 Å². The van der Waals surface area contributed by atoms with Gasteiger partial charge in [0.15, 0.2) is 0 Å². The van der Waals surface area contributed by atoms with E-state index in [1.54, 1.807) is 23.1 Å². The Kier molecular flexibility index (Phi) is 6.14. The first-order valence-corrected chi connectivity index (χ1v) is 15.7. The quantitative estimate of drug-likeness (QED) is 0.201. The van der Waals surface area contributed by atoms with Crippen LogP contribution in [0.3, 0.4) is 0 Å². The predicted molar refractivity (Wildman–Crippen MR) is 181 cm³/mol. The summed E-state index contributed by atoms with van der Waals surface area (Å²) >= 11 is 3.29. The summed E-state index contributed by atoms with van der Waals surface area (Å²) < 4.78 is 14.8. The van der Waals surface area contributed by atoms with E-state index < -0.39 is 5.79 Å². The molecule has 0 radical (unpaired) electrons. The van der Waals surface area contributed by atoms with Crippen molar-refractivity contribution in [2.24, 2.45) is 0 Å². The van der Waals surface area contributed by atoms with Crippen molar-refractivity contribution in [3.63, 3.8) is 0 Å². The molecule has 43 heavy (non-hydrogen) atoms. The number of hydrogen-bond donors (Lipinski definition) is 1. The SMILES string of the molecule is C[C@]1(Oc2cc3ccccc3cc2-c2nc3ccccc3s2)C=C(Sc2ccccc2N)c2cc3ccccc3cc2O1. The highest BCUT2D eigenvalue weighted by Crippen LogP contribution is 2.48. The summed E-state index contributed by atoms with van der Waals surface area (Å²) in [5.41, 5.74) is 10.0. The third kappa shape index (κ3) is 4.79. The van der Waals surface area contributed by atoms with Crippen LogP contribution in [0.25, 0.3) is 47.2 Å². The molecular formula is C37H26N2O2S2. The Bertz CT molecular complexity index is 2190. The summed E-state index contributed by atoms with van der Waals surface area (Å²) in [6.45, 7) is 1.97. The minimum Gasteiger partial charge on any atom is -0.448 e. The van der Waals surface area contributed by atoms with Crippen LogP contribution < -0.4 is 15.2 Å². The fourth-order valence-corrected chi connectivity index (χ4v) is 7.66. The first-order chi connectivity index (χ1) is 21.0. The van der Waals surface area contributed by atoms with Crippen LogP contribution in [0.15, 0.2) is 132 Å². The fraction of sp³-hybridized carbons (Fsp3) is 0.0541. The molecule has 4 nitrogen and oxygen atoms in total. The molecule has 0 saturated heterocycles. The Morgan fingerprint density at radius 1 is 0.744 bits per heavy atom. The second-order valence-electron chi connectivity index (χ2n) is 10.7. The molecule has 1 aliphatic heterocycles. The number of hydrogen-bond acceptors (Lipinski definition) is 6. The number of nitrogen functional groups attached to an aromatic ring is 1. The lowest BCUT2D eigenvalue weighted by molar-refractivity contribution is -0.0552. The molecule has 2 heterocycles. The number of para-hydroxylation sites is 2. The lowest BCUT2D eigenvalue weighted by Gasteiger charge is -2.35. The Balaban J connectivity index is 1.28. The number of anilines is 1. The monoisotopic (exact) mass is 594 g/mol. The average Bonchev–Trinajstić information content (AvgIpc) is 3.45. The van der Waals surface area contributed by atoms with Gasteiger partial charge < -0.3 is 15.2 Å². The number of benzene rings is 6. The summed E-state index contributed by atoms with van der Waals surface area (Å²) in [7, 11) is 0. The minimum absolute atomic E-state index is 0.712. The van der Waals surface area contributed by atoms with E-state index in [1.165, 1.54) is 0 Å². The zero-order valence-electron chi connectivity index (χ0n) is 23.3. The maximum Gasteiger partial charge on any atom is 0.269 e. The zero-order valence-corrected chi connectivity index (χ0v) is 24.9. The number of nitrogens with zero attached hydrogens (tertiary/aromatic N) is 1. The first-order valence-electron chi connectivity index (χ1n) is 14.1. The van der Waals surface area contributed by atoms with Gasteiger partial charge in [0.25, 0.3) is 5.79 Å². The van der Waals surface area contributed by atoms with Crippen LogP contribution in [0.5, 0.6) is 11.5 Å². The second kappa shape index (κ2) is 10.2. The van der Waals surface area contributed by atoms with Crippen LogP contribution in [0.1, 0.15) is 12.5 Å². The lowest BCUT2D eigenvalue weighted by Crippen LogP contribution is -2.39. The molecule has 1 aliphatic rings. The van der Waals surface area contributed by atoms with Crippen LogP contribution >= 0.6 is 23.1 Å². The van der Waals surface area contributed by atoms with Gasteiger partial charge in [-0.3, -0.25) is 0 Å². The van der Waals surface area contributed by atoms with Gasteiger partial charge in [0, 0.05) is 34.1 Å². The maximum absolute atomic E-state index is 6.92. The molecule has 208 valence electrons. The molecule has 2 N–H and O–H groups in total. The van der Waals surface area contributed by atoms with E-state index >= 15 is 0 Å². The second-order valence-corrected chi connectivity index (χ2v) is 12.9. The van der Waals surface area contributed by atoms with E-state index in [1.807, 2.05) is 61.5 Å². The molecule has 0 saturated carbocycles. The molecular weight excluding hydrogens is 569 g/mol. The van der Waals surface area contributed by atoms with Crippen molar-refractivity contribution in [2.45, 2.75) is 17.6 Å². The fourth-order valence-electron chi connectivity index (χ4n) is 5.56. The number of ether oxygens (including phenoxy) is 2. The number of thiazole rings is 1. The van der Waals surface area contributed by atoms with Gasteiger partial charge in [-0.25, -0.2) is 4.98 Å². The van der Waals surface area contributed by atoms with Crippen molar-refractivity contribution in [3.8, 4) is 22.1 Å². The standard InChI is InChI=1S/C37H26N2O2S2/c1-37(41-32-21-26-13-5-3-11-24(26)19-28(32)36-39-30-15-7-9-17-34(30)43-36)22-35(42-33-16-8-6-14-29(33)38)27-18-23-10-2-4-12-25(23)20-31(27)40-37/h2-22H,38H2,1H3/t37-/m0/s1. The highest BCUT2D eigenvalue weighted by molar-refractivity contribution is 8.08. The van der Waals surface area contributed by atoms with Crippen molar-refractivity contribution < 1.29 is 9.47 Å². The van der Waals surface area contributed by atoms with Crippen LogP contribution in [0.2, 0.25) is 0 Å². The van der Waals surface area contributed by atoms with Gasteiger partial charge in [-0.05, 0) is 70.1 Å². The normalized spacial score (nSPS) is 16.2. The largest absolute Gasteiger partial charge is 0.448 e. The van der Waals surface area contributed by atoms with Gasteiger partial charge in [0.1, 0.15) is 16.5 Å². The van der Waals surface area contributed by atoms with Crippen molar-refractivity contribution in [1.82, 2.24) is 4.98 Å². The molecule has 1 atom stereocenters. The van der Waals surface area contributed by atoms with Crippen molar-refractivity contribution in [3.05, 3.63) is 133 Å². The summed E-state index contributed by atoms with van der Waals surface area (Å²) in [4.78, 5) is 6.99.